The number of nitrogens with one attached hydrogen (secondary N) is 1. The van der Waals surface area contributed by atoms with Crippen LogP contribution >= 0.6 is 0 Å². The maximum atomic E-state index is 12.4. The van der Waals surface area contributed by atoms with E-state index in [1.807, 2.05) is 25.1 Å². The highest BCUT2D eigenvalue weighted by atomic mass is 16.5. The number of amides is 1. The van der Waals surface area contributed by atoms with Gasteiger partial charge in [-0.15, -0.1) is 5.10 Å². The predicted molar refractivity (Wildman–Crippen MR) is 95.5 cm³/mol. The van der Waals surface area contributed by atoms with Crippen LogP contribution in [-0.2, 0) is 4.79 Å². The van der Waals surface area contributed by atoms with E-state index in [4.69, 9.17) is 9.47 Å². The maximum Gasteiger partial charge on any atom is 0.265 e. The molecule has 8 heteroatoms. The van der Waals surface area contributed by atoms with Crippen molar-refractivity contribution < 1.29 is 14.3 Å². The third-order valence-electron chi connectivity index (χ3n) is 3.58. The standard InChI is InChI=1S/C18H19N5O3/c1-3-25-17-7-5-4-6-16(17)20-18(24)13(2)26-15-10-8-14(9-11-15)23-12-19-21-22-23/h4-13H,3H2,1-2H3,(H,20,24)/t13-/m0/s1. The van der Waals surface area contributed by atoms with Crippen LogP contribution in [-0.4, -0.2) is 38.8 Å². The molecule has 134 valence electrons. The van der Waals surface area contributed by atoms with Crippen LogP contribution in [0.15, 0.2) is 54.9 Å². The van der Waals surface area contributed by atoms with Gasteiger partial charge in [-0.05, 0) is 60.7 Å². The second-order valence-electron chi connectivity index (χ2n) is 5.43. The number of tetrazole rings is 1. The molecule has 0 aliphatic carbocycles. The van der Waals surface area contributed by atoms with Gasteiger partial charge in [-0.25, -0.2) is 4.68 Å². The highest BCUT2D eigenvalue weighted by Crippen LogP contribution is 2.24. The third kappa shape index (κ3) is 4.15. The van der Waals surface area contributed by atoms with Gasteiger partial charge >= 0.3 is 0 Å². The molecule has 0 unspecified atom stereocenters. The van der Waals surface area contributed by atoms with Gasteiger partial charge in [-0.2, -0.15) is 0 Å². The van der Waals surface area contributed by atoms with Crippen LogP contribution in [0.25, 0.3) is 5.69 Å². The number of nitrogens with zero attached hydrogens (tertiary/aromatic N) is 4. The van der Waals surface area contributed by atoms with Gasteiger partial charge < -0.3 is 14.8 Å². The number of anilines is 1. The SMILES string of the molecule is CCOc1ccccc1NC(=O)[C@H](C)Oc1ccc(-n2cnnn2)cc1. The Bertz CT molecular complexity index is 850. The minimum absolute atomic E-state index is 0.262. The molecule has 8 nitrogen and oxygen atoms in total. The number of rotatable bonds is 7. The van der Waals surface area contributed by atoms with Crippen molar-refractivity contribution >= 4 is 11.6 Å². The number of hydrogen-bond donors (Lipinski definition) is 1. The van der Waals surface area contributed by atoms with Crippen LogP contribution in [0.4, 0.5) is 5.69 Å². The van der Waals surface area contributed by atoms with Gasteiger partial charge in [0.05, 0.1) is 18.0 Å². The topological polar surface area (TPSA) is 91.2 Å². The van der Waals surface area contributed by atoms with E-state index in [9.17, 15) is 4.79 Å². The van der Waals surface area contributed by atoms with Crippen LogP contribution in [0.5, 0.6) is 11.5 Å². The van der Waals surface area contributed by atoms with Gasteiger partial charge in [-0.1, -0.05) is 12.1 Å². The highest BCUT2D eigenvalue weighted by molar-refractivity contribution is 5.95. The molecular formula is C18H19N5O3. The van der Waals surface area contributed by atoms with Crippen molar-refractivity contribution in [2.75, 3.05) is 11.9 Å². The van der Waals surface area contributed by atoms with E-state index >= 15 is 0 Å². The molecule has 0 saturated carbocycles. The van der Waals surface area contributed by atoms with Crippen molar-refractivity contribution in [1.82, 2.24) is 20.2 Å². The average Bonchev–Trinajstić information content (AvgIpc) is 3.19. The monoisotopic (exact) mass is 353 g/mol. The molecule has 0 bridgehead atoms. The summed E-state index contributed by atoms with van der Waals surface area (Å²) in [4.78, 5) is 12.4. The minimum atomic E-state index is -0.677. The molecule has 1 heterocycles. The molecule has 0 fully saturated rings. The first-order valence-corrected chi connectivity index (χ1v) is 8.20. The lowest BCUT2D eigenvalue weighted by atomic mass is 10.2. The Morgan fingerprint density at radius 3 is 2.65 bits per heavy atom. The van der Waals surface area contributed by atoms with E-state index in [1.54, 1.807) is 37.3 Å². The predicted octanol–water partition coefficient (Wildman–Crippen LogP) is 2.47. The molecule has 26 heavy (non-hydrogen) atoms. The Morgan fingerprint density at radius 1 is 1.19 bits per heavy atom. The fourth-order valence-electron chi connectivity index (χ4n) is 2.30. The number of hydrogen-bond acceptors (Lipinski definition) is 6. The molecule has 0 aliphatic heterocycles. The third-order valence-corrected chi connectivity index (χ3v) is 3.58. The van der Waals surface area contributed by atoms with E-state index in [1.165, 1.54) is 11.0 Å². The summed E-state index contributed by atoms with van der Waals surface area (Å²) < 4.78 is 12.7. The number of para-hydroxylation sites is 2. The van der Waals surface area contributed by atoms with Gasteiger partial charge in [-0.3, -0.25) is 4.79 Å². The Morgan fingerprint density at radius 2 is 1.96 bits per heavy atom. The van der Waals surface area contributed by atoms with Crippen LogP contribution in [0.1, 0.15) is 13.8 Å². The normalized spacial score (nSPS) is 11.6. The molecule has 1 aromatic heterocycles. The zero-order valence-corrected chi connectivity index (χ0v) is 14.5. The minimum Gasteiger partial charge on any atom is -0.492 e. The molecule has 1 N–H and O–H groups in total. The summed E-state index contributed by atoms with van der Waals surface area (Å²) in [5, 5.41) is 13.8. The van der Waals surface area contributed by atoms with Crippen molar-refractivity contribution in [3.8, 4) is 17.2 Å². The lowest BCUT2D eigenvalue weighted by Crippen LogP contribution is -2.30. The van der Waals surface area contributed by atoms with Gasteiger partial charge in [0.1, 0.15) is 17.8 Å². The zero-order valence-electron chi connectivity index (χ0n) is 14.5. The second kappa shape index (κ2) is 8.11. The Hall–Kier alpha value is -3.42. The van der Waals surface area contributed by atoms with Crippen LogP contribution in [0.3, 0.4) is 0 Å². The summed E-state index contributed by atoms with van der Waals surface area (Å²) in [5.74, 6) is 0.936. The number of ether oxygens (including phenoxy) is 2. The molecule has 1 amide bonds. The van der Waals surface area contributed by atoms with E-state index in [0.29, 0.717) is 23.8 Å². The van der Waals surface area contributed by atoms with Crippen molar-refractivity contribution in [2.45, 2.75) is 20.0 Å². The number of carbonyl (C=O) groups excluding carboxylic acids is 1. The van der Waals surface area contributed by atoms with E-state index < -0.39 is 6.10 Å². The summed E-state index contributed by atoms with van der Waals surface area (Å²) in [7, 11) is 0. The molecule has 3 aromatic rings. The fourth-order valence-corrected chi connectivity index (χ4v) is 2.30. The highest BCUT2D eigenvalue weighted by Gasteiger charge is 2.16. The Kier molecular flexibility index (Phi) is 5.43. The largest absolute Gasteiger partial charge is 0.492 e. The Labute approximate surface area is 150 Å². The van der Waals surface area contributed by atoms with Crippen molar-refractivity contribution in [2.24, 2.45) is 0 Å². The summed E-state index contributed by atoms with van der Waals surface area (Å²) in [5.41, 5.74) is 1.41. The number of aromatic nitrogens is 4. The van der Waals surface area contributed by atoms with E-state index in [-0.39, 0.29) is 5.91 Å². The summed E-state index contributed by atoms with van der Waals surface area (Å²) in [6, 6.07) is 14.4. The quantitative estimate of drug-likeness (QED) is 0.702. The van der Waals surface area contributed by atoms with E-state index in [2.05, 4.69) is 20.8 Å². The summed E-state index contributed by atoms with van der Waals surface area (Å²) in [6.07, 6.45) is 0.824. The van der Waals surface area contributed by atoms with Gasteiger partial charge in [0.15, 0.2) is 6.10 Å². The van der Waals surface area contributed by atoms with Crippen molar-refractivity contribution in [3.05, 3.63) is 54.9 Å². The Balaban J connectivity index is 1.62. The molecule has 0 saturated heterocycles. The average molecular weight is 353 g/mol. The maximum absolute atomic E-state index is 12.4. The number of benzene rings is 2. The molecule has 1 atom stereocenters. The first-order valence-electron chi connectivity index (χ1n) is 8.20. The molecule has 2 aromatic carbocycles. The lowest BCUT2D eigenvalue weighted by molar-refractivity contribution is -0.122. The van der Waals surface area contributed by atoms with Crippen LogP contribution in [0.2, 0.25) is 0 Å². The number of carbonyl (C=O) groups is 1. The lowest BCUT2D eigenvalue weighted by Gasteiger charge is -2.16. The van der Waals surface area contributed by atoms with Gasteiger partial charge in [0, 0.05) is 0 Å². The summed E-state index contributed by atoms with van der Waals surface area (Å²) >= 11 is 0. The molecule has 0 aliphatic rings. The van der Waals surface area contributed by atoms with Gasteiger partial charge in [0.25, 0.3) is 5.91 Å². The first kappa shape index (κ1) is 17.4. The first-order chi connectivity index (χ1) is 12.7. The van der Waals surface area contributed by atoms with Crippen molar-refractivity contribution in [1.29, 1.82) is 0 Å². The van der Waals surface area contributed by atoms with Crippen molar-refractivity contribution in [3.63, 3.8) is 0 Å². The fraction of sp³-hybridized carbons (Fsp3) is 0.222. The second-order valence-corrected chi connectivity index (χ2v) is 5.43. The van der Waals surface area contributed by atoms with Gasteiger partial charge in [0.2, 0.25) is 0 Å². The van der Waals surface area contributed by atoms with Crippen LogP contribution in [0, 0.1) is 0 Å². The summed E-state index contributed by atoms with van der Waals surface area (Å²) in [6.45, 7) is 4.10. The molecular weight excluding hydrogens is 334 g/mol. The zero-order chi connectivity index (χ0) is 18.4. The van der Waals surface area contributed by atoms with E-state index in [0.717, 1.165) is 5.69 Å². The smallest absolute Gasteiger partial charge is 0.265 e. The van der Waals surface area contributed by atoms with Crippen LogP contribution < -0.4 is 14.8 Å². The molecule has 0 radical (unpaired) electrons. The molecule has 3 rings (SSSR count). The molecule has 0 spiro atoms.